The highest BCUT2D eigenvalue weighted by Gasteiger charge is 2.08. The maximum Gasteiger partial charge on any atom is 0.264 e. The Hall–Kier alpha value is -1.63. The first-order valence-electron chi connectivity index (χ1n) is 7.10. The zero-order valence-corrected chi connectivity index (χ0v) is 16.3. The second-order valence-electron chi connectivity index (χ2n) is 5.24. The van der Waals surface area contributed by atoms with Gasteiger partial charge < -0.3 is 10.1 Å². The highest BCUT2D eigenvalue weighted by Crippen LogP contribution is 2.27. The molecule has 0 heterocycles. The summed E-state index contributed by atoms with van der Waals surface area (Å²) in [7, 11) is 0. The van der Waals surface area contributed by atoms with Crippen LogP contribution in [0.15, 0.2) is 40.9 Å². The van der Waals surface area contributed by atoms with Crippen molar-refractivity contribution in [1.29, 1.82) is 0 Å². The van der Waals surface area contributed by atoms with Gasteiger partial charge >= 0.3 is 0 Å². The number of hydrogen-bond donors (Lipinski definition) is 2. The van der Waals surface area contributed by atoms with Crippen molar-refractivity contribution in [2.45, 2.75) is 13.8 Å². The van der Waals surface area contributed by atoms with Crippen molar-refractivity contribution < 1.29 is 9.53 Å². The van der Waals surface area contributed by atoms with Crippen LogP contribution in [0, 0.1) is 13.8 Å². The van der Waals surface area contributed by atoms with Crippen LogP contribution in [0.3, 0.4) is 0 Å². The van der Waals surface area contributed by atoms with Crippen molar-refractivity contribution in [2.24, 2.45) is 0 Å². The Labute approximate surface area is 159 Å². The molecule has 0 saturated heterocycles. The third kappa shape index (κ3) is 5.78. The molecule has 0 aliphatic carbocycles. The highest BCUT2D eigenvalue weighted by atomic mass is 79.9. The standard InChI is InChI=1S/C17H16BrClN2O2S/c1-10-5-11(2)7-13(6-10)20-17(24)21-16(22)9-23-15-4-3-12(18)8-14(15)19/h3-8H,9H2,1-2H3,(H2,20,21,22,24). The molecule has 7 heteroatoms. The molecule has 0 aliphatic heterocycles. The number of carbonyl (C=O) groups is 1. The van der Waals surface area contributed by atoms with Gasteiger partial charge in [-0.1, -0.05) is 33.6 Å². The van der Waals surface area contributed by atoms with E-state index in [2.05, 4.69) is 32.6 Å². The van der Waals surface area contributed by atoms with Gasteiger partial charge in [0, 0.05) is 10.2 Å². The molecule has 0 aliphatic rings. The number of hydrogen-bond acceptors (Lipinski definition) is 3. The van der Waals surface area contributed by atoms with E-state index in [1.54, 1.807) is 18.2 Å². The second kappa shape index (κ2) is 8.46. The molecule has 0 unspecified atom stereocenters. The van der Waals surface area contributed by atoms with Gasteiger partial charge in [-0.05, 0) is 67.5 Å². The van der Waals surface area contributed by atoms with Crippen molar-refractivity contribution in [1.82, 2.24) is 5.32 Å². The van der Waals surface area contributed by atoms with Crippen molar-refractivity contribution in [3.05, 3.63) is 57.0 Å². The van der Waals surface area contributed by atoms with E-state index in [1.807, 2.05) is 26.0 Å². The van der Waals surface area contributed by atoms with E-state index in [4.69, 9.17) is 28.6 Å². The van der Waals surface area contributed by atoms with E-state index in [1.165, 1.54) is 0 Å². The second-order valence-corrected chi connectivity index (χ2v) is 6.97. The fraction of sp³-hybridized carbons (Fsp3) is 0.176. The molecule has 0 radical (unpaired) electrons. The van der Waals surface area contributed by atoms with Gasteiger partial charge in [0.05, 0.1) is 5.02 Å². The van der Waals surface area contributed by atoms with Crippen LogP contribution in [0.1, 0.15) is 11.1 Å². The molecule has 0 spiro atoms. The van der Waals surface area contributed by atoms with E-state index in [-0.39, 0.29) is 17.6 Å². The molecule has 2 rings (SSSR count). The molecule has 0 saturated carbocycles. The molecule has 0 fully saturated rings. The largest absolute Gasteiger partial charge is 0.482 e. The van der Waals surface area contributed by atoms with Crippen LogP contribution in [-0.4, -0.2) is 17.6 Å². The Kier molecular flexibility index (Phi) is 6.60. The van der Waals surface area contributed by atoms with Crippen LogP contribution in [0.2, 0.25) is 5.02 Å². The average molecular weight is 428 g/mol. The summed E-state index contributed by atoms with van der Waals surface area (Å²) in [5.41, 5.74) is 3.05. The first-order chi connectivity index (χ1) is 11.3. The topological polar surface area (TPSA) is 50.4 Å². The minimum atomic E-state index is -0.365. The van der Waals surface area contributed by atoms with E-state index < -0.39 is 0 Å². The number of aryl methyl sites for hydroxylation is 2. The summed E-state index contributed by atoms with van der Waals surface area (Å²) in [5.74, 6) is 0.0686. The fourth-order valence-electron chi connectivity index (χ4n) is 2.11. The van der Waals surface area contributed by atoms with Crippen molar-refractivity contribution in [3.8, 4) is 5.75 Å². The van der Waals surface area contributed by atoms with Crippen LogP contribution in [-0.2, 0) is 4.79 Å². The lowest BCUT2D eigenvalue weighted by atomic mass is 10.1. The van der Waals surface area contributed by atoms with Crippen LogP contribution >= 0.6 is 39.7 Å². The van der Waals surface area contributed by atoms with E-state index >= 15 is 0 Å². The number of anilines is 1. The smallest absolute Gasteiger partial charge is 0.264 e. The Morgan fingerprint density at radius 2 is 1.88 bits per heavy atom. The number of carbonyl (C=O) groups excluding carboxylic acids is 1. The van der Waals surface area contributed by atoms with E-state index in [9.17, 15) is 4.79 Å². The third-order valence-corrected chi connectivity index (χ3v) is 3.98. The molecular weight excluding hydrogens is 412 g/mol. The number of thiocarbonyl (C=S) groups is 1. The summed E-state index contributed by atoms with van der Waals surface area (Å²) >= 11 is 14.5. The van der Waals surface area contributed by atoms with Crippen LogP contribution in [0.4, 0.5) is 5.69 Å². The first kappa shape index (κ1) is 18.7. The van der Waals surface area contributed by atoms with Crippen LogP contribution in [0.25, 0.3) is 0 Å². The molecular formula is C17H16BrClN2O2S. The van der Waals surface area contributed by atoms with Crippen molar-refractivity contribution >= 4 is 56.5 Å². The zero-order valence-electron chi connectivity index (χ0n) is 13.2. The molecule has 2 aromatic carbocycles. The summed E-state index contributed by atoms with van der Waals surface area (Å²) in [6.45, 7) is 3.81. The predicted octanol–water partition coefficient (Wildman–Crippen LogP) is 4.61. The van der Waals surface area contributed by atoms with Gasteiger partial charge in [0.15, 0.2) is 11.7 Å². The average Bonchev–Trinajstić information content (AvgIpc) is 2.44. The molecule has 24 heavy (non-hydrogen) atoms. The number of nitrogens with one attached hydrogen (secondary N) is 2. The van der Waals surface area contributed by atoms with E-state index in [0.717, 1.165) is 21.3 Å². The predicted molar refractivity (Wildman–Crippen MR) is 105 cm³/mol. The lowest BCUT2D eigenvalue weighted by Crippen LogP contribution is -2.37. The normalized spacial score (nSPS) is 10.2. The molecule has 1 amide bonds. The van der Waals surface area contributed by atoms with E-state index in [0.29, 0.717) is 10.8 Å². The van der Waals surface area contributed by atoms with Gasteiger partial charge in [-0.25, -0.2) is 0 Å². The SMILES string of the molecule is Cc1cc(C)cc(NC(=S)NC(=O)COc2ccc(Br)cc2Cl)c1. The zero-order chi connectivity index (χ0) is 17.7. The summed E-state index contributed by atoms with van der Waals surface area (Å²) in [6.07, 6.45) is 0. The number of amides is 1. The Morgan fingerprint density at radius 3 is 2.50 bits per heavy atom. The monoisotopic (exact) mass is 426 g/mol. The molecule has 4 nitrogen and oxygen atoms in total. The summed E-state index contributed by atoms with van der Waals surface area (Å²) in [6, 6.07) is 11.1. The summed E-state index contributed by atoms with van der Waals surface area (Å²) in [5, 5.41) is 6.20. The van der Waals surface area contributed by atoms with Crippen molar-refractivity contribution in [3.63, 3.8) is 0 Å². The van der Waals surface area contributed by atoms with Gasteiger partial charge in [0.1, 0.15) is 5.75 Å². The molecule has 126 valence electrons. The lowest BCUT2D eigenvalue weighted by Gasteiger charge is -2.12. The fourth-order valence-corrected chi connectivity index (χ4v) is 3.07. The Bertz CT molecular complexity index is 763. The van der Waals surface area contributed by atoms with Crippen LogP contribution in [0.5, 0.6) is 5.75 Å². The first-order valence-corrected chi connectivity index (χ1v) is 8.68. The molecule has 0 bridgehead atoms. The molecule has 0 atom stereocenters. The quantitative estimate of drug-likeness (QED) is 0.700. The minimum absolute atomic E-state index is 0.185. The summed E-state index contributed by atoms with van der Waals surface area (Å²) in [4.78, 5) is 11.9. The van der Waals surface area contributed by atoms with Gasteiger partial charge in [-0.3, -0.25) is 10.1 Å². The molecule has 2 aromatic rings. The minimum Gasteiger partial charge on any atom is -0.482 e. The molecule has 0 aromatic heterocycles. The van der Waals surface area contributed by atoms with Gasteiger partial charge in [0.25, 0.3) is 5.91 Å². The van der Waals surface area contributed by atoms with Gasteiger partial charge in [-0.2, -0.15) is 0 Å². The van der Waals surface area contributed by atoms with Crippen LogP contribution < -0.4 is 15.4 Å². The maximum absolute atomic E-state index is 11.9. The third-order valence-electron chi connectivity index (χ3n) is 2.99. The summed E-state index contributed by atoms with van der Waals surface area (Å²) < 4.78 is 6.23. The van der Waals surface area contributed by atoms with Gasteiger partial charge in [-0.15, -0.1) is 0 Å². The number of benzene rings is 2. The Balaban J connectivity index is 1.86. The number of halogens is 2. The molecule has 2 N–H and O–H groups in total. The number of rotatable bonds is 4. The lowest BCUT2D eigenvalue weighted by molar-refractivity contribution is -0.121. The van der Waals surface area contributed by atoms with Gasteiger partial charge in [0.2, 0.25) is 0 Å². The van der Waals surface area contributed by atoms with Crippen molar-refractivity contribution in [2.75, 3.05) is 11.9 Å². The highest BCUT2D eigenvalue weighted by molar-refractivity contribution is 9.10. The Morgan fingerprint density at radius 1 is 1.21 bits per heavy atom. The maximum atomic E-state index is 11.9. The number of ether oxygens (including phenoxy) is 1.